The van der Waals surface area contributed by atoms with Crippen LogP contribution in [0.1, 0.15) is 21.2 Å². The fraction of sp³-hybridized carbons (Fsp3) is 1.00. The molecule has 0 amide bonds. The molecular weight excluding hydrogens is 123 g/mol. The summed E-state index contributed by atoms with van der Waals surface area (Å²) in [6.45, 7) is 7.01. The van der Waals surface area contributed by atoms with Crippen molar-refractivity contribution in [1.29, 1.82) is 0 Å². The van der Waals surface area contributed by atoms with E-state index in [9.17, 15) is 0 Å². The SMILES string of the molecule is CCCC[Si](C)C.[H-].[Na+]. The second-order valence-electron chi connectivity index (χ2n) is 2.31. The van der Waals surface area contributed by atoms with Crippen LogP contribution in [-0.4, -0.2) is 8.80 Å². The average Bonchev–Trinajstić information content (AvgIpc) is 1.61. The van der Waals surface area contributed by atoms with Gasteiger partial charge in [-0.05, 0) is 0 Å². The molecule has 0 aliphatic rings. The normalized spacial score (nSPS) is 9.00. The zero-order chi connectivity index (χ0) is 5.70. The van der Waals surface area contributed by atoms with Gasteiger partial charge in [-0.2, -0.15) is 0 Å². The van der Waals surface area contributed by atoms with Crippen LogP contribution < -0.4 is 29.6 Å². The molecule has 0 aromatic carbocycles. The predicted octanol–water partition coefficient (Wildman–Crippen LogP) is -0.343. The molecule has 0 saturated carbocycles. The largest absolute Gasteiger partial charge is 1.00 e. The molecule has 0 N–H and O–H groups in total. The minimum atomic E-state index is 0. The van der Waals surface area contributed by atoms with Crippen molar-refractivity contribution in [3.8, 4) is 0 Å². The topological polar surface area (TPSA) is 0 Å². The van der Waals surface area contributed by atoms with Crippen LogP contribution in [0.5, 0.6) is 0 Å². The average molecular weight is 139 g/mol. The van der Waals surface area contributed by atoms with Gasteiger partial charge in [0.05, 0.1) is 0 Å². The van der Waals surface area contributed by atoms with Crippen LogP contribution in [0.25, 0.3) is 0 Å². The van der Waals surface area contributed by atoms with Crippen LogP contribution in [0.2, 0.25) is 19.1 Å². The summed E-state index contributed by atoms with van der Waals surface area (Å²) in [5.41, 5.74) is 0. The first-order chi connectivity index (χ1) is 3.27. The molecule has 0 heterocycles. The standard InChI is InChI=1S/C6H15Si.Na.H/c1-4-5-6-7(2)3;;/h4-6H2,1-3H3;;/q;+1;-1. The Morgan fingerprint density at radius 3 is 2.00 bits per heavy atom. The van der Waals surface area contributed by atoms with Crippen LogP contribution >= 0.6 is 0 Å². The van der Waals surface area contributed by atoms with E-state index in [1.165, 1.54) is 18.9 Å². The van der Waals surface area contributed by atoms with Gasteiger partial charge in [0.25, 0.3) is 0 Å². The van der Waals surface area contributed by atoms with Crippen molar-refractivity contribution in [2.75, 3.05) is 0 Å². The second-order valence-corrected chi connectivity index (χ2v) is 5.22. The van der Waals surface area contributed by atoms with Gasteiger partial charge < -0.3 is 1.43 Å². The van der Waals surface area contributed by atoms with E-state index in [-0.39, 0.29) is 39.8 Å². The second kappa shape index (κ2) is 8.22. The van der Waals surface area contributed by atoms with Crippen LogP contribution in [0.4, 0.5) is 0 Å². The third-order valence-corrected chi connectivity index (χ3v) is 2.38. The summed E-state index contributed by atoms with van der Waals surface area (Å²) >= 11 is 0. The Balaban J connectivity index is -0.000000180. The molecule has 45 valence electrons. The quantitative estimate of drug-likeness (QED) is 0.469. The summed E-state index contributed by atoms with van der Waals surface area (Å²) in [7, 11) is 0.103. The van der Waals surface area contributed by atoms with Gasteiger partial charge in [-0.3, -0.25) is 0 Å². The molecular formula is C6H16NaSi. The van der Waals surface area contributed by atoms with Crippen LogP contribution in [0, 0.1) is 0 Å². The van der Waals surface area contributed by atoms with Crippen molar-refractivity contribution in [2.45, 2.75) is 38.9 Å². The van der Waals surface area contributed by atoms with Gasteiger partial charge in [-0.1, -0.05) is 38.9 Å². The van der Waals surface area contributed by atoms with Crippen molar-refractivity contribution in [1.82, 2.24) is 0 Å². The third-order valence-electron chi connectivity index (χ3n) is 1.03. The Morgan fingerprint density at radius 2 is 1.88 bits per heavy atom. The van der Waals surface area contributed by atoms with Crippen molar-refractivity contribution in [2.24, 2.45) is 0 Å². The van der Waals surface area contributed by atoms with Gasteiger partial charge in [-0.25, -0.2) is 0 Å². The fourth-order valence-corrected chi connectivity index (χ4v) is 1.59. The predicted molar refractivity (Wildman–Crippen MR) is 38.3 cm³/mol. The summed E-state index contributed by atoms with van der Waals surface area (Å²) in [6.07, 6.45) is 2.82. The molecule has 1 radical (unpaired) electrons. The van der Waals surface area contributed by atoms with Crippen molar-refractivity contribution in [3.05, 3.63) is 0 Å². The molecule has 8 heavy (non-hydrogen) atoms. The van der Waals surface area contributed by atoms with Gasteiger partial charge in [0.2, 0.25) is 0 Å². The first-order valence-corrected chi connectivity index (χ1v) is 5.77. The van der Waals surface area contributed by atoms with E-state index in [4.69, 9.17) is 0 Å². The maximum Gasteiger partial charge on any atom is 1.00 e. The van der Waals surface area contributed by atoms with E-state index in [1.54, 1.807) is 0 Å². The molecule has 0 aliphatic carbocycles. The first kappa shape index (κ1) is 11.9. The number of hydrogen-bond donors (Lipinski definition) is 0. The molecule has 0 saturated heterocycles. The number of rotatable bonds is 3. The van der Waals surface area contributed by atoms with Gasteiger partial charge >= 0.3 is 29.6 Å². The molecule has 0 spiro atoms. The van der Waals surface area contributed by atoms with Crippen LogP contribution in [0.15, 0.2) is 0 Å². The zero-order valence-electron chi connectivity index (χ0n) is 7.62. The molecule has 2 heteroatoms. The third kappa shape index (κ3) is 10.2. The Morgan fingerprint density at radius 1 is 1.38 bits per heavy atom. The molecule has 0 aromatic rings. The molecule has 0 aromatic heterocycles. The van der Waals surface area contributed by atoms with Gasteiger partial charge in [-0.15, -0.1) is 0 Å². The molecule has 0 nitrogen and oxygen atoms in total. The number of unbranched alkanes of at least 4 members (excludes halogenated alkanes) is 1. The van der Waals surface area contributed by atoms with E-state index in [0.29, 0.717) is 0 Å². The molecule has 0 atom stereocenters. The monoisotopic (exact) mass is 139 g/mol. The van der Waals surface area contributed by atoms with Crippen molar-refractivity contribution >= 4 is 8.80 Å². The van der Waals surface area contributed by atoms with Gasteiger partial charge in [0, 0.05) is 8.80 Å². The van der Waals surface area contributed by atoms with E-state index in [0.717, 1.165) is 0 Å². The first-order valence-electron chi connectivity index (χ1n) is 3.06. The Bertz CT molecular complexity index is 42.0. The minimum Gasteiger partial charge on any atom is -1.00 e. The van der Waals surface area contributed by atoms with E-state index in [2.05, 4.69) is 20.0 Å². The Labute approximate surface area is 78.4 Å². The van der Waals surface area contributed by atoms with Gasteiger partial charge in [0.1, 0.15) is 0 Å². The van der Waals surface area contributed by atoms with Crippen molar-refractivity contribution in [3.63, 3.8) is 0 Å². The molecule has 0 aliphatic heterocycles. The molecule has 0 fully saturated rings. The summed E-state index contributed by atoms with van der Waals surface area (Å²) in [5, 5.41) is 0. The molecule has 0 rings (SSSR count). The van der Waals surface area contributed by atoms with Crippen LogP contribution in [-0.2, 0) is 0 Å². The Hall–Kier alpha value is 1.22. The smallest absolute Gasteiger partial charge is 1.00 e. The summed E-state index contributed by atoms with van der Waals surface area (Å²) in [5.74, 6) is 0. The summed E-state index contributed by atoms with van der Waals surface area (Å²) in [6, 6.07) is 1.50. The summed E-state index contributed by atoms with van der Waals surface area (Å²) in [4.78, 5) is 0. The Kier molecular flexibility index (Phi) is 12.3. The van der Waals surface area contributed by atoms with E-state index >= 15 is 0 Å². The van der Waals surface area contributed by atoms with Crippen molar-refractivity contribution < 1.29 is 31.0 Å². The molecule has 0 unspecified atom stereocenters. The number of hydrogen-bond acceptors (Lipinski definition) is 0. The fourth-order valence-electron chi connectivity index (χ4n) is 0.530. The summed E-state index contributed by atoms with van der Waals surface area (Å²) < 4.78 is 0. The maximum atomic E-state index is 2.38. The zero-order valence-corrected chi connectivity index (χ0v) is 9.62. The minimum absolute atomic E-state index is 0. The van der Waals surface area contributed by atoms with Gasteiger partial charge in [0.15, 0.2) is 0 Å². The van der Waals surface area contributed by atoms with E-state index < -0.39 is 0 Å². The maximum absolute atomic E-state index is 2.38. The van der Waals surface area contributed by atoms with E-state index in [1.807, 2.05) is 0 Å². The molecule has 0 bridgehead atoms. The van der Waals surface area contributed by atoms with Crippen LogP contribution in [0.3, 0.4) is 0 Å².